The maximum atomic E-state index is 9.46. The molecular formula is C4H5O4. The van der Waals surface area contributed by atoms with Crippen LogP contribution in [0, 0.1) is 0 Å². The Morgan fingerprint density at radius 1 is 1.75 bits per heavy atom. The van der Waals surface area contributed by atoms with Gasteiger partial charge in [0.15, 0.2) is 0 Å². The van der Waals surface area contributed by atoms with Crippen LogP contribution < -0.4 is 0 Å². The lowest BCUT2D eigenvalue weighted by atomic mass is 10.8. The summed E-state index contributed by atoms with van der Waals surface area (Å²) in [5.74, 6) is 0. The van der Waals surface area contributed by atoms with Crippen LogP contribution >= 0.6 is 0 Å². The smallest absolute Gasteiger partial charge is 0.420 e. The summed E-state index contributed by atoms with van der Waals surface area (Å²) < 4.78 is 8.14. The molecule has 1 atom stereocenters. The number of carbonyl (C=O) groups excluding carboxylic acids is 2. The van der Waals surface area contributed by atoms with E-state index in [2.05, 4.69) is 9.47 Å². The quantitative estimate of drug-likeness (QED) is 0.371. The van der Waals surface area contributed by atoms with E-state index in [9.17, 15) is 9.59 Å². The first-order valence-electron chi connectivity index (χ1n) is 1.93. The molecule has 0 heterocycles. The van der Waals surface area contributed by atoms with E-state index in [1.54, 1.807) is 0 Å². The fourth-order valence-electron chi connectivity index (χ4n) is 0.174. The molecule has 0 saturated carbocycles. The predicted octanol–water partition coefficient (Wildman–Crippen LogP) is -0.411. The van der Waals surface area contributed by atoms with Gasteiger partial charge in [-0.3, -0.25) is 4.79 Å². The van der Waals surface area contributed by atoms with E-state index in [0.717, 1.165) is 6.47 Å². The summed E-state index contributed by atoms with van der Waals surface area (Å²) in [7, 11) is 0. The van der Waals surface area contributed by atoms with Crippen molar-refractivity contribution in [1.29, 1.82) is 0 Å². The summed E-state index contributed by atoms with van der Waals surface area (Å²) in [6.45, 7) is 2.72. The van der Waals surface area contributed by atoms with Gasteiger partial charge in [0.2, 0.25) is 6.29 Å². The van der Waals surface area contributed by atoms with E-state index in [1.165, 1.54) is 6.92 Å². The minimum atomic E-state index is -0.829. The van der Waals surface area contributed by atoms with Gasteiger partial charge < -0.3 is 9.47 Å². The van der Waals surface area contributed by atoms with Crippen LogP contribution in [0.2, 0.25) is 0 Å². The number of carbonyl (C=O) groups is 1. The van der Waals surface area contributed by atoms with Crippen molar-refractivity contribution in [2.45, 2.75) is 13.2 Å². The van der Waals surface area contributed by atoms with Gasteiger partial charge in [0, 0.05) is 6.92 Å². The van der Waals surface area contributed by atoms with E-state index in [-0.39, 0.29) is 6.47 Å². The molecule has 1 radical (unpaired) electrons. The third-order valence-corrected chi connectivity index (χ3v) is 0.461. The Morgan fingerprint density at radius 3 is 2.75 bits per heavy atom. The summed E-state index contributed by atoms with van der Waals surface area (Å²) in [6, 6.07) is 0. The second-order valence-corrected chi connectivity index (χ2v) is 1.00. The fraction of sp³-hybridized carbons (Fsp3) is 0.500. The van der Waals surface area contributed by atoms with Crippen molar-refractivity contribution in [2.75, 3.05) is 0 Å². The Labute approximate surface area is 46.4 Å². The summed E-state index contributed by atoms with van der Waals surface area (Å²) in [6.07, 6.45) is -0.829. The molecule has 0 amide bonds. The van der Waals surface area contributed by atoms with Gasteiger partial charge in [-0.2, -0.15) is 0 Å². The molecule has 0 aliphatic rings. The number of hydrogen-bond donors (Lipinski definition) is 0. The molecule has 0 saturated heterocycles. The molecule has 8 heavy (non-hydrogen) atoms. The van der Waals surface area contributed by atoms with Crippen molar-refractivity contribution >= 4 is 12.9 Å². The third kappa shape index (κ3) is 3.14. The van der Waals surface area contributed by atoms with Crippen LogP contribution in [-0.2, 0) is 19.1 Å². The molecule has 0 fully saturated rings. The van der Waals surface area contributed by atoms with Gasteiger partial charge in [-0.1, -0.05) is 0 Å². The molecule has 0 aromatic carbocycles. The molecule has 0 rings (SSSR count). The van der Waals surface area contributed by atoms with Gasteiger partial charge in [-0.25, -0.2) is 4.79 Å². The highest BCUT2D eigenvalue weighted by Crippen LogP contribution is 1.84. The Bertz CT molecular complexity index is 70.1. The van der Waals surface area contributed by atoms with Crippen LogP contribution in [-0.4, -0.2) is 19.2 Å². The largest absolute Gasteiger partial charge is 0.428 e. The van der Waals surface area contributed by atoms with Crippen molar-refractivity contribution in [3.63, 3.8) is 0 Å². The van der Waals surface area contributed by atoms with E-state index >= 15 is 0 Å². The van der Waals surface area contributed by atoms with Gasteiger partial charge in [0.25, 0.3) is 6.47 Å². The van der Waals surface area contributed by atoms with E-state index < -0.39 is 6.29 Å². The van der Waals surface area contributed by atoms with Gasteiger partial charge in [-0.05, 0) is 0 Å². The van der Waals surface area contributed by atoms with Crippen molar-refractivity contribution in [3.8, 4) is 0 Å². The molecule has 4 nitrogen and oxygen atoms in total. The lowest BCUT2D eigenvalue weighted by Gasteiger charge is -2.02. The highest BCUT2D eigenvalue weighted by molar-refractivity contribution is 5.40. The second kappa shape index (κ2) is 4.11. The molecule has 45 valence electrons. The lowest BCUT2D eigenvalue weighted by molar-refractivity contribution is -0.146. The van der Waals surface area contributed by atoms with Crippen LogP contribution in [0.25, 0.3) is 0 Å². The number of ether oxygens (including phenoxy) is 2. The SMILES string of the molecule is CC(O[C]=O)OC=O. The normalized spacial score (nSPS) is 8.25. The fourth-order valence-corrected chi connectivity index (χ4v) is 0.174. The molecule has 4 heteroatoms. The highest BCUT2D eigenvalue weighted by Gasteiger charge is 1.97. The zero-order valence-electron chi connectivity index (χ0n) is 4.29. The zero-order chi connectivity index (χ0) is 6.41. The van der Waals surface area contributed by atoms with Gasteiger partial charge >= 0.3 is 6.47 Å². The molecule has 0 spiro atoms. The standard InChI is InChI=1S/C4H5O4/c1-4(7-2-5)8-3-6/h2,4H,1H3. The van der Waals surface area contributed by atoms with Crippen LogP contribution in [0.1, 0.15) is 6.92 Å². The predicted molar refractivity (Wildman–Crippen MR) is 23.4 cm³/mol. The maximum absolute atomic E-state index is 9.46. The van der Waals surface area contributed by atoms with Crippen LogP contribution in [0.5, 0.6) is 0 Å². The minimum absolute atomic E-state index is 0.196. The van der Waals surface area contributed by atoms with E-state index in [4.69, 9.17) is 0 Å². The topological polar surface area (TPSA) is 52.6 Å². The molecular weight excluding hydrogens is 112 g/mol. The summed E-state index contributed by atoms with van der Waals surface area (Å²) >= 11 is 0. The summed E-state index contributed by atoms with van der Waals surface area (Å²) in [5, 5.41) is 0. The van der Waals surface area contributed by atoms with Gasteiger partial charge in [0.05, 0.1) is 0 Å². The Balaban J connectivity index is 3.16. The van der Waals surface area contributed by atoms with Crippen molar-refractivity contribution in [1.82, 2.24) is 0 Å². The Morgan fingerprint density at radius 2 is 2.38 bits per heavy atom. The first kappa shape index (κ1) is 6.94. The molecule has 0 aromatic rings. The van der Waals surface area contributed by atoms with Gasteiger partial charge in [-0.15, -0.1) is 0 Å². The number of rotatable bonds is 4. The van der Waals surface area contributed by atoms with Crippen molar-refractivity contribution in [3.05, 3.63) is 0 Å². The average Bonchev–Trinajstić information content (AvgIpc) is 1.68. The van der Waals surface area contributed by atoms with Crippen LogP contribution in [0.15, 0.2) is 0 Å². The maximum Gasteiger partial charge on any atom is 0.420 e. The molecule has 1 unspecified atom stereocenters. The number of hydrogen-bond acceptors (Lipinski definition) is 4. The third-order valence-electron chi connectivity index (χ3n) is 0.461. The zero-order valence-corrected chi connectivity index (χ0v) is 4.29. The van der Waals surface area contributed by atoms with E-state index in [0.29, 0.717) is 0 Å². The monoisotopic (exact) mass is 117 g/mol. The molecule has 0 aliphatic heterocycles. The molecule has 0 aromatic heterocycles. The molecule has 0 bridgehead atoms. The van der Waals surface area contributed by atoms with Crippen molar-refractivity contribution in [2.24, 2.45) is 0 Å². The van der Waals surface area contributed by atoms with Crippen molar-refractivity contribution < 1.29 is 19.1 Å². The molecule has 0 aliphatic carbocycles. The highest BCUT2D eigenvalue weighted by atomic mass is 16.7. The Kier molecular flexibility index (Phi) is 3.56. The first-order chi connectivity index (χ1) is 3.81. The van der Waals surface area contributed by atoms with Gasteiger partial charge in [0.1, 0.15) is 0 Å². The Hall–Kier alpha value is -1.06. The second-order valence-electron chi connectivity index (χ2n) is 1.00. The van der Waals surface area contributed by atoms with E-state index in [1.807, 2.05) is 0 Å². The first-order valence-corrected chi connectivity index (χ1v) is 1.93. The molecule has 0 N–H and O–H groups in total. The lowest BCUT2D eigenvalue weighted by Crippen LogP contribution is -2.09. The summed E-state index contributed by atoms with van der Waals surface area (Å²) in [4.78, 5) is 18.8. The minimum Gasteiger partial charge on any atom is -0.428 e. The van der Waals surface area contributed by atoms with Crippen LogP contribution in [0.4, 0.5) is 0 Å². The summed E-state index contributed by atoms with van der Waals surface area (Å²) in [5.41, 5.74) is 0. The van der Waals surface area contributed by atoms with Crippen LogP contribution in [0.3, 0.4) is 0 Å². The average molecular weight is 117 g/mol.